The van der Waals surface area contributed by atoms with Crippen molar-refractivity contribution in [1.29, 1.82) is 0 Å². The van der Waals surface area contributed by atoms with Gasteiger partial charge in [0.05, 0.1) is 0 Å². The molecule has 0 atom stereocenters. The monoisotopic (exact) mass is 327 g/mol. The average molecular weight is 328 g/mol. The van der Waals surface area contributed by atoms with Crippen molar-refractivity contribution in [3.63, 3.8) is 0 Å². The van der Waals surface area contributed by atoms with Crippen LogP contribution in [-0.4, -0.2) is 11.5 Å². The van der Waals surface area contributed by atoms with Gasteiger partial charge in [-0.2, -0.15) is 0 Å². The number of unbranched alkanes of at least 4 members (excludes halogenated alkanes) is 17. The summed E-state index contributed by atoms with van der Waals surface area (Å²) < 4.78 is 0. The van der Waals surface area contributed by atoms with Gasteiger partial charge in [0.15, 0.2) is 0 Å². The first-order valence-electron chi connectivity index (χ1n) is 10.4. The fourth-order valence-corrected chi connectivity index (χ4v) is 3.14. The normalized spacial score (nSPS) is 11.0. The van der Waals surface area contributed by atoms with Crippen molar-refractivity contribution < 1.29 is 4.92 Å². The van der Waals surface area contributed by atoms with Crippen molar-refractivity contribution in [1.82, 2.24) is 0 Å². The van der Waals surface area contributed by atoms with Crippen LogP contribution in [0.25, 0.3) is 0 Å². The fraction of sp³-hybridized carbons (Fsp3) is 1.00. The highest BCUT2D eigenvalue weighted by Gasteiger charge is 1.97. The largest absolute Gasteiger partial charge is 0.265 e. The van der Waals surface area contributed by atoms with Crippen LogP contribution in [0.15, 0.2) is 0 Å². The van der Waals surface area contributed by atoms with E-state index >= 15 is 0 Å². The van der Waals surface area contributed by atoms with Crippen molar-refractivity contribution in [3.05, 3.63) is 10.1 Å². The van der Waals surface area contributed by atoms with Crippen LogP contribution in [0.1, 0.15) is 122 Å². The first kappa shape index (κ1) is 22.4. The zero-order valence-electron chi connectivity index (χ0n) is 15.7. The minimum Gasteiger partial charge on any atom is -0.265 e. The number of hydrogen-bond acceptors (Lipinski definition) is 2. The van der Waals surface area contributed by atoms with Gasteiger partial charge < -0.3 is 0 Å². The number of hydrogen-bond donors (Lipinski definition) is 0. The maximum absolute atomic E-state index is 10.2. The third-order valence-corrected chi connectivity index (χ3v) is 4.69. The molecule has 0 fully saturated rings. The molecule has 138 valence electrons. The lowest BCUT2D eigenvalue weighted by atomic mass is 10.0. The summed E-state index contributed by atoms with van der Waals surface area (Å²) in [5, 5.41) is 10.2. The highest BCUT2D eigenvalue weighted by atomic mass is 16.6. The van der Waals surface area contributed by atoms with Crippen molar-refractivity contribution in [2.24, 2.45) is 0 Å². The van der Waals surface area contributed by atoms with Gasteiger partial charge >= 0.3 is 0 Å². The quantitative estimate of drug-likeness (QED) is 0.142. The molecule has 0 aromatic rings. The van der Waals surface area contributed by atoms with E-state index in [1.807, 2.05) is 0 Å². The van der Waals surface area contributed by atoms with Gasteiger partial charge in [0, 0.05) is 11.3 Å². The molecule has 0 radical (unpaired) electrons. The Kier molecular flexibility index (Phi) is 18.9. The Morgan fingerprint density at radius 1 is 0.522 bits per heavy atom. The van der Waals surface area contributed by atoms with Crippen molar-refractivity contribution in [2.45, 2.75) is 122 Å². The Labute approximate surface area is 144 Å². The summed E-state index contributed by atoms with van der Waals surface area (Å²) in [5.41, 5.74) is 0. The molecule has 23 heavy (non-hydrogen) atoms. The molecule has 3 nitrogen and oxygen atoms in total. The molecule has 0 spiro atoms. The number of rotatable bonds is 19. The van der Waals surface area contributed by atoms with E-state index in [1.165, 1.54) is 103 Å². The molecule has 0 rings (SSSR count). The molecule has 0 N–H and O–H groups in total. The van der Waals surface area contributed by atoms with Crippen LogP contribution in [0.3, 0.4) is 0 Å². The third kappa shape index (κ3) is 21.4. The van der Waals surface area contributed by atoms with Gasteiger partial charge in [0.2, 0.25) is 6.54 Å². The average Bonchev–Trinajstić information content (AvgIpc) is 2.53. The van der Waals surface area contributed by atoms with Crippen LogP contribution in [0.2, 0.25) is 0 Å². The van der Waals surface area contributed by atoms with E-state index in [2.05, 4.69) is 6.92 Å². The molecule has 0 aliphatic rings. The van der Waals surface area contributed by atoms with Gasteiger partial charge in [-0.1, -0.05) is 110 Å². The summed E-state index contributed by atoms with van der Waals surface area (Å²) in [6.45, 7) is 2.43. The Morgan fingerprint density at radius 2 is 0.783 bits per heavy atom. The maximum Gasteiger partial charge on any atom is 0.203 e. The van der Waals surface area contributed by atoms with E-state index in [9.17, 15) is 10.1 Å². The summed E-state index contributed by atoms with van der Waals surface area (Å²) in [4.78, 5) is 9.97. The van der Waals surface area contributed by atoms with Gasteiger partial charge in [0.1, 0.15) is 0 Å². The Balaban J connectivity index is 2.96. The van der Waals surface area contributed by atoms with Crippen molar-refractivity contribution >= 4 is 0 Å². The second kappa shape index (κ2) is 19.4. The molecule has 0 aliphatic heterocycles. The molecule has 0 bridgehead atoms. The van der Waals surface area contributed by atoms with Crippen molar-refractivity contribution in [2.75, 3.05) is 6.54 Å². The highest BCUT2D eigenvalue weighted by molar-refractivity contribution is 4.50. The molecule has 0 aliphatic carbocycles. The summed E-state index contributed by atoms with van der Waals surface area (Å²) in [5.74, 6) is 0. The summed E-state index contributed by atoms with van der Waals surface area (Å²) >= 11 is 0. The van der Waals surface area contributed by atoms with E-state index in [0.29, 0.717) is 0 Å². The lowest BCUT2D eigenvalue weighted by Crippen LogP contribution is -1.99. The molecule has 0 aromatic carbocycles. The van der Waals surface area contributed by atoms with Gasteiger partial charge in [0.25, 0.3) is 0 Å². The molecule has 3 heteroatoms. The first-order valence-corrected chi connectivity index (χ1v) is 10.4. The smallest absolute Gasteiger partial charge is 0.203 e. The number of nitrogens with zero attached hydrogens (tertiary/aromatic N) is 1. The Bertz CT molecular complexity index is 244. The van der Waals surface area contributed by atoms with Gasteiger partial charge in [-0.3, -0.25) is 10.1 Å². The summed E-state index contributed by atoms with van der Waals surface area (Å²) in [6, 6.07) is 0. The SMILES string of the molecule is CCCCCCCCCCCCCCCCCCCC[N+](=O)[O-]. The summed E-state index contributed by atoms with van der Waals surface area (Å²) in [7, 11) is 0. The Morgan fingerprint density at radius 3 is 1.04 bits per heavy atom. The molecule has 0 unspecified atom stereocenters. The first-order chi connectivity index (χ1) is 11.3. The standard InChI is InChI=1S/C20H41NO2/c1-2-3-4-5-6-7-8-9-10-11-12-13-14-15-16-17-18-19-20-21(22)23/h2-20H2,1H3. The zero-order chi connectivity index (χ0) is 17.0. The van der Waals surface area contributed by atoms with Crippen LogP contribution < -0.4 is 0 Å². The molecule has 0 saturated heterocycles. The van der Waals surface area contributed by atoms with E-state index in [1.54, 1.807) is 0 Å². The van der Waals surface area contributed by atoms with Crippen LogP contribution in [0.4, 0.5) is 0 Å². The van der Waals surface area contributed by atoms with E-state index < -0.39 is 0 Å². The molecular weight excluding hydrogens is 286 g/mol. The van der Waals surface area contributed by atoms with Crippen LogP contribution in [0, 0.1) is 10.1 Å². The molecule has 0 amide bonds. The van der Waals surface area contributed by atoms with Crippen LogP contribution in [0.5, 0.6) is 0 Å². The number of nitro groups is 1. The Hall–Kier alpha value is -0.600. The van der Waals surface area contributed by atoms with E-state index in [0.717, 1.165) is 12.8 Å². The fourth-order valence-electron chi connectivity index (χ4n) is 3.14. The van der Waals surface area contributed by atoms with Gasteiger partial charge in [-0.15, -0.1) is 0 Å². The van der Waals surface area contributed by atoms with Gasteiger partial charge in [-0.05, 0) is 6.42 Å². The molecule has 0 aromatic heterocycles. The minimum atomic E-state index is -0.202. The highest BCUT2D eigenvalue weighted by Crippen LogP contribution is 2.14. The van der Waals surface area contributed by atoms with Gasteiger partial charge in [-0.25, -0.2) is 0 Å². The second-order valence-corrected chi connectivity index (χ2v) is 7.07. The summed E-state index contributed by atoms with van der Waals surface area (Å²) in [6.07, 6.45) is 23.9. The topological polar surface area (TPSA) is 43.1 Å². The van der Waals surface area contributed by atoms with Crippen molar-refractivity contribution in [3.8, 4) is 0 Å². The predicted octanol–water partition coefficient (Wildman–Crippen LogP) is 7.30. The van der Waals surface area contributed by atoms with E-state index in [-0.39, 0.29) is 11.5 Å². The second-order valence-electron chi connectivity index (χ2n) is 7.07. The lowest BCUT2D eigenvalue weighted by molar-refractivity contribution is -0.480. The predicted molar refractivity (Wildman–Crippen MR) is 101 cm³/mol. The minimum absolute atomic E-state index is 0.152. The maximum atomic E-state index is 10.2. The molecule has 0 saturated carbocycles. The van der Waals surface area contributed by atoms with E-state index in [4.69, 9.17) is 0 Å². The molecular formula is C20H41NO2. The van der Waals surface area contributed by atoms with Crippen LogP contribution in [-0.2, 0) is 0 Å². The zero-order valence-corrected chi connectivity index (χ0v) is 15.7. The molecule has 0 heterocycles. The van der Waals surface area contributed by atoms with Crippen LogP contribution >= 0.6 is 0 Å². The third-order valence-electron chi connectivity index (χ3n) is 4.69. The lowest BCUT2D eigenvalue weighted by Gasteiger charge is -2.03.